The SMILES string of the molecule is CCCCCCCCCCCCCCCCCCCCCCCCCCCOCC(COP(=O)([O-])OCC[N+](C)(C)C)OC(=O)CCCCCCCCCCCCCCCCCCCCCCCCCCC. The number of phosphoric ester groups is 1. The van der Waals surface area contributed by atoms with Crippen molar-refractivity contribution in [3.63, 3.8) is 0 Å². The molecule has 0 N–H and O–H groups in total. The molecule has 0 bridgehead atoms. The summed E-state index contributed by atoms with van der Waals surface area (Å²) in [5.41, 5.74) is 0. The first-order valence-electron chi connectivity index (χ1n) is 32.3. The third kappa shape index (κ3) is 60.4. The lowest BCUT2D eigenvalue weighted by atomic mass is 10.0. The number of ether oxygens (including phenoxy) is 2. The second-order valence-corrected chi connectivity index (χ2v) is 24.9. The number of phosphoric acid groups is 1. The molecular weight excluding hydrogens is 914 g/mol. The van der Waals surface area contributed by atoms with Gasteiger partial charge in [-0.1, -0.05) is 322 Å². The molecule has 9 heteroatoms. The first-order chi connectivity index (χ1) is 35.1. The van der Waals surface area contributed by atoms with E-state index in [1.807, 2.05) is 21.1 Å². The smallest absolute Gasteiger partial charge is 0.306 e. The predicted molar refractivity (Wildman–Crippen MR) is 310 cm³/mol. The number of quaternary nitrogens is 1. The third-order valence-corrected chi connectivity index (χ3v) is 15.9. The van der Waals surface area contributed by atoms with Gasteiger partial charge >= 0.3 is 5.97 Å². The van der Waals surface area contributed by atoms with Gasteiger partial charge in [0.15, 0.2) is 0 Å². The molecule has 8 nitrogen and oxygen atoms in total. The lowest BCUT2D eigenvalue weighted by Crippen LogP contribution is -2.37. The van der Waals surface area contributed by atoms with E-state index in [-0.39, 0.29) is 25.8 Å². The Kier molecular flexibility index (Phi) is 56.3. The minimum absolute atomic E-state index is 0.0322. The number of hydrogen-bond donors (Lipinski definition) is 0. The molecule has 0 aromatic carbocycles. The van der Waals surface area contributed by atoms with Crippen LogP contribution in [-0.2, 0) is 27.9 Å². The van der Waals surface area contributed by atoms with E-state index in [9.17, 15) is 14.3 Å². The summed E-state index contributed by atoms with van der Waals surface area (Å²) in [6.07, 6.45) is 67.4. The molecule has 0 radical (unpaired) electrons. The van der Waals surface area contributed by atoms with Crippen LogP contribution in [0.15, 0.2) is 0 Å². The van der Waals surface area contributed by atoms with Gasteiger partial charge in [0, 0.05) is 13.0 Å². The van der Waals surface area contributed by atoms with Gasteiger partial charge in [0.25, 0.3) is 7.82 Å². The van der Waals surface area contributed by atoms with E-state index in [1.54, 1.807) is 0 Å². The largest absolute Gasteiger partial charge is 0.756 e. The van der Waals surface area contributed by atoms with Crippen LogP contribution < -0.4 is 4.89 Å². The minimum atomic E-state index is -4.53. The zero-order valence-corrected chi connectivity index (χ0v) is 50.3. The highest BCUT2D eigenvalue weighted by Gasteiger charge is 2.20. The molecule has 0 heterocycles. The average Bonchev–Trinajstić information content (AvgIpc) is 3.34. The number of nitrogens with zero attached hydrogens (tertiary/aromatic N) is 1. The number of unbranched alkanes of at least 4 members (excludes halogenated alkanes) is 48. The molecule has 0 spiro atoms. The summed E-state index contributed by atoms with van der Waals surface area (Å²) in [6, 6.07) is 0. The van der Waals surface area contributed by atoms with Crippen molar-refractivity contribution in [3.05, 3.63) is 0 Å². The molecule has 0 aromatic heterocycles. The van der Waals surface area contributed by atoms with Crippen LogP contribution in [0, 0.1) is 0 Å². The van der Waals surface area contributed by atoms with Crippen LogP contribution in [-0.4, -0.2) is 70.7 Å². The zero-order chi connectivity index (χ0) is 52.6. The molecule has 2 unspecified atom stereocenters. The Morgan fingerprint density at radius 1 is 0.375 bits per heavy atom. The molecule has 72 heavy (non-hydrogen) atoms. The Morgan fingerprint density at radius 3 is 0.917 bits per heavy atom. The monoisotopic (exact) mass is 1040 g/mol. The molecule has 0 aromatic rings. The average molecular weight is 1040 g/mol. The molecular formula is C63H128NO7P. The van der Waals surface area contributed by atoms with Crippen molar-refractivity contribution < 1.29 is 37.3 Å². The summed E-state index contributed by atoms with van der Waals surface area (Å²) >= 11 is 0. The molecule has 2 atom stereocenters. The molecule has 0 saturated carbocycles. The quantitative estimate of drug-likeness (QED) is 0.0259. The van der Waals surface area contributed by atoms with E-state index >= 15 is 0 Å². The maximum atomic E-state index is 12.8. The summed E-state index contributed by atoms with van der Waals surface area (Å²) in [5, 5.41) is 0. The number of esters is 1. The topological polar surface area (TPSA) is 94.1 Å². The van der Waals surface area contributed by atoms with E-state index in [1.165, 1.54) is 289 Å². The molecule has 432 valence electrons. The standard InChI is InChI=1S/C63H128NO7P/c1-6-8-10-12-14-16-18-20-22-24-26-28-30-32-34-36-38-40-42-44-46-48-50-52-54-56-63(65)71-62(61-70-72(66,67)69-59-57-64(3,4)5)60-68-58-55-53-51-49-47-45-43-41-39-37-35-33-31-29-27-25-23-21-19-17-15-13-11-9-7-2/h62H,6-61H2,1-5H3. The molecule has 0 aliphatic carbocycles. The van der Waals surface area contributed by atoms with Crippen LogP contribution in [0.25, 0.3) is 0 Å². The second kappa shape index (κ2) is 56.7. The Hall–Kier alpha value is -0.500. The van der Waals surface area contributed by atoms with Crippen molar-refractivity contribution in [2.45, 2.75) is 347 Å². The lowest BCUT2D eigenvalue weighted by molar-refractivity contribution is -0.870. The van der Waals surface area contributed by atoms with E-state index in [4.69, 9.17) is 18.5 Å². The summed E-state index contributed by atoms with van der Waals surface area (Å²) < 4.78 is 35.0. The summed E-state index contributed by atoms with van der Waals surface area (Å²) in [5.74, 6) is -0.321. The fourth-order valence-electron chi connectivity index (χ4n) is 9.97. The summed E-state index contributed by atoms with van der Waals surface area (Å²) in [4.78, 5) is 25.3. The number of carbonyl (C=O) groups excluding carboxylic acids is 1. The van der Waals surface area contributed by atoms with E-state index in [0.717, 1.165) is 32.1 Å². The van der Waals surface area contributed by atoms with Gasteiger partial charge in [0.1, 0.15) is 19.3 Å². The normalized spacial score (nSPS) is 13.2. The van der Waals surface area contributed by atoms with Gasteiger partial charge in [-0.05, 0) is 12.8 Å². The number of likely N-dealkylation sites (N-methyl/N-ethyl adjacent to an activating group) is 1. The first-order valence-corrected chi connectivity index (χ1v) is 33.7. The van der Waals surface area contributed by atoms with Crippen LogP contribution in [0.3, 0.4) is 0 Å². The van der Waals surface area contributed by atoms with Gasteiger partial charge in [0.05, 0.1) is 34.4 Å². The van der Waals surface area contributed by atoms with Gasteiger partial charge < -0.3 is 27.9 Å². The zero-order valence-electron chi connectivity index (χ0n) is 49.4. The summed E-state index contributed by atoms with van der Waals surface area (Å²) in [6.45, 7) is 5.52. The van der Waals surface area contributed by atoms with Crippen molar-refractivity contribution >= 4 is 13.8 Å². The maximum Gasteiger partial charge on any atom is 0.306 e. The van der Waals surface area contributed by atoms with Gasteiger partial charge in [-0.2, -0.15) is 0 Å². The Labute approximate surface area is 450 Å². The molecule has 0 aliphatic heterocycles. The number of hydrogen-bond acceptors (Lipinski definition) is 7. The number of rotatable bonds is 62. The Morgan fingerprint density at radius 2 is 0.639 bits per heavy atom. The van der Waals surface area contributed by atoms with E-state index < -0.39 is 13.9 Å². The third-order valence-electron chi connectivity index (χ3n) is 14.9. The lowest BCUT2D eigenvalue weighted by Gasteiger charge is -2.28. The highest BCUT2D eigenvalue weighted by Crippen LogP contribution is 2.38. The van der Waals surface area contributed by atoms with Gasteiger partial charge in [-0.3, -0.25) is 9.36 Å². The van der Waals surface area contributed by atoms with E-state index in [2.05, 4.69) is 13.8 Å². The van der Waals surface area contributed by atoms with Crippen molar-refractivity contribution in [2.24, 2.45) is 0 Å². The molecule has 0 saturated heterocycles. The second-order valence-electron chi connectivity index (χ2n) is 23.5. The van der Waals surface area contributed by atoms with Crippen molar-refractivity contribution in [1.29, 1.82) is 0 Å². The Bertz CT molecular complexity index is 1120. The van der Waals surface area contributed by atoms with Crippen molar-refractivity contribution in [1.82, 2.24) is 0 Å². The van der Waals surface area contributed by atoms with E-state index in [0.29, 0.717) is 24.1 Å². The highest BCUT2D eigenvalue weighted by atomic mass is 31.2. The Balaban J connectivity index is 3.94. The van der Waals surface area contributed by atoms with Crippen molar-refractivity contribution in [2.75, 3.05) is 54.1 Å². The number of carbonyl (C=O) groups is 1. The molecule has 0 rings (SSSR count). The highest BCUT2D eigenvalue weighted by molar-refractivity contribution is 7.45. The minimum Gasteiger partial charge on any atom is -0.756 e. The summed E-state index contributed by atoms with van der Waals surface area (Å²) in [7, 11) is 1.39. The van der Waals surface area contributed by atoms with Crippen molar-refractivity contribution in [3.8, 4) is 0 Å². The fourth-order valence-corrected chi connectivity index (χ4v) is 10.7. The predicted octanol–water partition coefficient (Wildman–Crippen LogP) is 20.1. The van der Waals surface area contributed by atoms with Gasteiger partial charge in [0.2, 0.25) is 0 Å². The van der Waals surface area contributed by atoms with Crippen LogP contribution >= 0.6 is 7.82 Å². The molecule has 0 fully saturated rings. The maximum absolute atomic E-state index is 12.8. The fraction of sp³-hybridized carbons (Fsp3) is 0.984. The molecule has 0 amide bonds. The van der Waals surface area contributed by atoms with Crippen LogP contribution in [0.1, 0.15) is 341 Å². The van der Waals surface area contributed by atoms with Crippen LogP contribution in [0.4, 0.5) is 0 Å². The molecule has 0 aliphatic rings. The first kappa shape index (κ1) is 71.5. The van der Waals surface area contributed by atoms with Gasteiger partial charge in [-0.25, -0.2) is 0 Å². The van der Waals surface area contributed by atoms with Crippen LogP contribution in [0.2, 0.25) is 0 Å². The van der Waals surface area contributed by atoms with Crippen LogP contribution in [0.5, 0.6) is 0 Å². The van der Waals surface area contributed by atoms with Gasteiger partial charge in [-0.15, -0.1) is 0 Å².